The van der Waals surface area contributed by atoms with E-state index in [0.29, 0.717) is 24.4 Å². The van der Waals surface area contributed by atoms with Crippen LogP contribution in [0.15, 0.2) is 63.9 Å². The van der Waals surface area contributed by atoms with E-state index in [0.717, 1.165) is 25.8 Å². The SMILES string of the molecule is CN1CCCC1=NS(=O)(=O)c1ccc(NC(=O)CCCc2ccccc2)cc1. The lowest BCUT2D eigenvalue weighted by Gasteiger charge is -2.11. The first kappa shape index (κ1) is 20.1. The van der Waals surface area contributed by atoms with E-state index in [9.17, 15) is 13.2 Å². The molecule has 2 aromatic rings. The van der Waals surface area contributed by atoms with Crippen LogP contribution in [0.25, 0.3) is 0 Å². The molecule has 0 aromatic heterocycles. The zero-order valence-electron chi connectivity index (χ0n) is 16.0. The number of nitrogens with one attached hydrogen (secondary N) is 1. The summed E-state index contributed by atoms with van der Waals surface area (Å²) in [5.41, 5.74) is 1.79. The third kappa shape index (κ3) is 5.42. The summed E-state index contributed by atoms with van der Waals surface area (Å²) in [5.74, 6) is 0.509. The molecule has 0 aliphatic carbocycles. The number of likely N-dealkylation sites (tertiary alicyclic amines) is 1. The van der Waals surface area contributed by atoms with Gasteiger partial charge in [0.2, 0.25) is 5.91 Å². The Morgan fingerprint density at radius 2 is 1.82 bits per heavy atom. The smallest absolute Gasteiger partial charge is 0.283 e. The standard InChI is InChI=1S/C21H25N3O3S/c1-24-16-6-10-20(24)23-28(26,27)19-14-12-18(13-15-19)22-21(25)11-5-9-17-7-3-2-4-8-17/h2-4,7-8,12-15H,5-6,9-11,16H2,1H3,(H,22,25). The Hall–Kier alpha value is -2.67. The Morgan fingerprint density at radius 1 is 1.11 bits per heavy atom. The number of rotatable bonds is 7. The molecule has 1 amide bonds. The Bertz CT molecular complexity index is 939. The first-order chi connectivity index (χ1) is 13.4. The van der Waals surface area contributed by atoms with Crippen LogP contribution in [0.1, 0.15) is 31.2 Å². The molecule has 1 fully saturated rings. The van der Waals surface area contributed by atoms with Crippen molar-refractivity contribution in [2.75, 3.05) is 18.9 Å². The molecule has 148 valence electrons. The first-order valence-electron chi connectivity index (χ1n) is 9.43. The van der Waals surface area contributed by atoms with Gasteiger partial charge in [0, 0.05) is 32.1 Å². The van der Waals surface area contributed by atoms with E-state index in [2.05, 4.69) is 9.71 Å². The highest BCUT2D eigenvalue weighted by Gasteiger charge is 2.20. The van der Waals surface area contributed by atoms with Crippen LogP contribution in [0.2, 0.25) is 0 Å². The number of carbonyl (C=O) groups is 1. The highest BCUT2D eigenvalue weighted by molar-refractivity contribution is 7.90. The number of hydrogen-bond acceptors (Lipinski definition) is 3. The lowest BCUT2D eigenvalue weighted by atomic mass is 10.1. The Kier molecular flexibility index (Phi) is 6.46. The van der Waals surface area contributed by atoms with E-state index in [-0.39, 0.29) is 10.8 Å². The van der Waals surface area contributed by atoms with Crippen molar-refractivity contribution in [1.82, 2.24) is 4.90 Å². The maximum atomic E-state index is 12.4. The van der Waals surface area contributed by atoms with Gasteiger partial charge in [-0.25, -0.2) is 0 Å². The largest absolute Gasteiger partial charge is 0.362 e. The molecular weight excluding hydrogens is 374 g/mol. The van der Waals surface area contributed by atoms with E-state index in [1.54, 1.807) is 12.1 Å². The predicted molar refractivity (Wildman–Crippen MR) is 111 cm³/mol. The molecule has 3 rings (SSSR count). The molecule has 0 radical (unpaired) electrons. The summed E-state index contributed by atoms with van der Waals surface area (Å²) in [6.45, 7) is 0.823. The first-order valence-corrected chi connectivity index (χ1v) is 10.9. The molecule has 1 N–H and O–H groups in total. The molecule has 0 saturated carbocycles. The van der Waals surface area contributed by atoms with Crippen LogP contribution >= 0.6 is 0 Å². The molecule has 6 nitrogen and oxygen atoms in total. The molecule has 7 heteroatoms. The average molecular weight is 400 g/mol. The summed E-state index contributed by atoms with van der Waals surface area (Å²) in [5, 5.41) is 2.81. The summed E-state index contributed by atoms with van der Waals surface area (Å²) in [4.78, 5) is 14.1. The predicted octanol–water partition coefficient (Wildman–Crippen LogP) is 3.46. The van der Waals surface area contributed by atoms with Gasteiger partial charge in [0.05, 0.1) is 4.90 Å². The van der Waals surface area contributed by atoms with Gasteiger partial charge in [0.1, 0.15) is 5.84 Å². The second kappa shape index (κ2) is 9.01. The van der Waals surface area contributed by atoms with Gasteiger partial charge in [0.15, 0.2) is 0 Å². The lowest BCUT2D eigenvalue weighted by molar-refractivity contribution is -0.116. The van der Waals surface area contributed by atoms with Crippen molar-refractivity contribution in [1.29, 1.82) is 0 Å². The quantitative estimate of drug-likeness (QED) is 0.773. The lowest BCUT2D eigenvalue weighted by Crippen LogP contribution is -2.20. The average Bonchev–Trinajstić information content (AvgIpc) is 3.07. The van der Waals surface area contributed by atoms with Gasteiger partial charge in [-0.2, -0.15) is 8.42 Å². The number of benzene rings is 2. The number of hydrogen-bond donors (Lipinski definition) is 1. The van der Waals surface area contributed by atoms with Gasteiger partial charge in [-0.15, -0.1) is 4.40 Å². The molecule has 0 bridgehead atoms. The van der Waals surface area contributed by atoms with Gasteiger partial charge >= 0.3 is 0 Å². The monoisotopic (exact) mass is 399 g/mol. The van der Waals surface area contributed by atoms with Crippen molar-refractivity contribution in [2.24, 2.45) is 4.40 Å². The number of carbonyl (C=O) groups excluding carboxylic acids is 1. The fraction of sp³-hybridized carbons (Fsp3) is 0.333. The van der Waals surface area contributed by atoms with Gasteiger partial charge in [-0.1, -0.05) is 30.3 Å². The van der Waals surface area contributed by atoms with Gasteiger partial charge in [-0.3, -0.25) is 4.79 Å². The Morgan fingerprint density at radius 3 is 2.46 bits per heavy atom. The Balaban J connectivity index is 1.54. The molecular formula is C21H25N3O3S. The minimum atomic E-state index is -3.73. The zero-order chi connectivity index (χ0) is 20.0. The highest BCUT2D eigenvalue weighted by atomic mass is 32.2. The van der Waals surface area contributed by atoms with Crippen molar-refractivity contribution < 1.29 is 13.2 Å². The second-order valence-electron chi connectivity index (χ2n) is 6.92. The number of anilines is 1. The summed E-state index contributed by atoms with van der Waals surface area (Å²) in [7, 11) is -1.89. The minimum absolute atomic E-state index is 0.0839. The number of amides is 1. The molecule has 0 spiro atoms. The van der Waals surface area contributed by atoms with Crippen molar-refractivity contribution in [3.63, 3.8) is 0 Å². The van der Waals surface area contributed by atoms with E-state index in [1.165, 1.54) is 17.7 Å². The van der Waals surface area contributed by atoms with E-state index >= 15 is 0 Å². The van der Waals surface area contributed by atoms with Crippen LogP contribution in [0.5, 0.6) is 0 Å². The number of amidine groups is 1. The topological polar surface area (TPSA) is 78.8 Å². The third-order valence-corrected chi connectivity index (χ3v) is 6.03. The van der Waals surface area contributed by atoms with E-state index in [1.807, 2.05) is 42.3 Å². The van der Waals surface area contributed by atoms with Crippen LogP contribution in [0.3, 0.4) is 0 Å². The summed E-state index contributed by atoms with van der Waals surface area (Å²) >= 11 is 0. The molecule has 0 atom stereocenters. The van der Waals surface area contributed by atoms with Crippen LogP contribution in [-0.4, -0.2) is 38.7 Å². The summed E-state index contributed by atoms with van der Waals surface area (Å²) in [6.07, 6.45) is 3.61. The second-order valence-corrected chi connectivity index (χ2v) is 8.52. The van der Waals surface area contributed by atoms with Crippen molar-refractivity contribution >= 4 is 27.5 Å². The van der Waals surface area contributed by atoms with Crippen molar-refractivity contribution in [2.45, 2.75) is 37.0 Å². The van der Waals surface area contributed by atoms with E-state index in [4.69, 9.17) is 0 Å². The normalized spacial score (nSPS) is 15.8. The van der Waals surface area contributed by atoms with Crippen LogP contribution in [0.4, 0.5) is 5.69 Å². The maximum absolute atomic E-state index is 12.4. The van der Waals surface area contributed by atoms with E-state index < -0.39 is 10.0 Å². The molecule has 28 heavy (non-hydrogen) atoms. The molecule has 1 aliphatic rings. The van der Waals surface area contributed by atoms with Crippen LogP contribution in [0, 0.1) is 0 Å². The zero-order valence-corrected chi connectivity index (χ0v) is 16.8. The van der Waals surface area contributed by atoms with Crippen LogP contribution < -0.4 is 5.32 Å². The van der Waals surface area contributed by atoms with Gasteiger partial charge in [0.25, 0.3) is 10.0 Å². The Labute approximate surface area is 166 Å². The number of aryl methyl sites for hydroxylation is 1. The fourth-order valence-corrected chi connectivity index (χ4v) is 4.23. The molecule has 0 unspecified atom stereocenters. The van der Waals surface area contributed by atoms with Crippen LogP contribution in [-0.2, 0) is 21.2 Å². The molecule has 1 heterocycles. The minimum Gasteiger partial charge on any atom is -0.362 e. The maximum Gasteiger partial charge on any atom is 0.283 e. The third-order valence-electron chi connectivity index (χ3n) is 4.71. The molecule has 1 aliphatic heterocycles. The molecule has 2 aromatic carbocycles. The molecule has 1 saturated heterocycles. The number of nitrogens with zero attached hydrogens (tertiary/aromatic N) is 2. The highest BCUT2D eigenvalue weighted by Crippen LogP contribution is 2.19. The fourth-order valence-electron chi connectivity index (χ4n) is 3.13. The van der Waals surface area contributed by atoms with Crippen molar-refractivity contribution in [3.05, 3.63) is 60.2 Å². The van der Waals surface area contributed by atoms with Crippen molar-refractivity contribution in [3.8, 4) is 0 Å². The van der Waals surface area contributed by atoms with Gasteiger partial charge < -0.3 is 10.2 Å². The number of sulfonamides is 1. The summed E-state index contributed by atoms with van der Waals surface area (Å²) in [6, 6.07) is 16.2. The summed E-state index contributed by atoms with van der Waals surface area (Å²) < 4.78 is 28.8. The van der Waals surface area contributed by atoms with Gasteiger partial charge in [-0.05, 0) is 49.1 Å².